The van der Waals surface area contributed by atoms with Gasteiger partial charge in [-0.15, -0.1) is 0 Å². The minimum atomic E-state index is -0.00363. The molecule has 4 rings (SSSR count). The predicted molar refractivity (Wildman–Crippen MR) is 113 cm³/mol. The number of fused-ring (bicyclic) bond motifs is 1. The van der Waals surface area contributed by atoms with Gasteiger partial charge in [0, 0.05) is 22.1 Å². The van der Waals surface area contributed by atoms with Gasteiger partial charge >= 0.3 is 0 Å². The molecule has 0 aliphatic carbocycles. The van der Waals surface area contributed by atoms with Crippen LogP contribution in [0, 0.1) is 6.92 Å². The Balaban J connectivity index is 1.48. The van der Waals surface area contributed by atoms with Crippen LogP contribution in [0.25, 0.3) is 10.9 Å². The first-order chi connectivity index (χ1) is 13.0. The van der Waals surface area contributed by atoms with Crippen molar-refractivity contribution in [3.05, 3.63) is 80.6 Å². The Morgan fingerprint density at radius 1 is 1.07 bits per heavy atom. The van der Waals surface area contributed by atoms with Crippen LogP contribution >= 0.6 is 11.6 Å². The minimum absolute atomic E-state index is 0.00363. The van der Waals surface area contributed by atoms with Crippen molar-refractivity contribution in [1.29, 1.82) is 0 Å². The summed E-state index contributed by atoms with van der Waals surface area (Å²) >= 11 is 6.01. The molecule has 1 N–H and O–H groups in total. The van der Waals surface area contributed by atoms with Gasteiger partial charge in [0.15, 0.2) is 0 Å². The van der Waals surface area contributed by atoms with Gasteiger partial charge in [0.2, 0.25) is 0 Å². The maximum atomic E-state index is 11.9. The molecule has 140 valence electrons. The van der Waals surface area contributed by atoms with E-state index in [1.807, 2.05) is 25.1 Å². The number of piperidine rings is 1. The third-order valence-corrected chi connectivity index (χ3v) is 6.21. The number of H-pyrrole nitrogens is 1. The lowest BCUT2D eigenvalue weighted by Gasteiger charge is -2.36. The zero-order valence-corrected chi connectivity index (χ0v) is 16.6. The maximum Gasteiger partial charge on any atom is 0.251 e. The van der Waals surface area contributed by atoms with Gasteiger partial charge in [0.1, 0.15) is 0 Å². The van der Waals surface area contributed by atoms with Gasteiger partial charge in [0.05, 0.1) is 0 Å². The van der Waals surface area contributed by atoms with E-state index in [9.17, 15) is 4.79 Å². The molecule has 3 nitrogen and oxygen atoms in total. The second-order valence-electron chi connectivity index (χ2n) is 7.67. The number of hydrogen-bond donors (Lipinski definition) is 1. The van der Waals surface area contributed by atoms with Gasteiger partial charge in [-0.25, -0.2) is 0 Å². The molecule has 1 aromatic heterocycles. The SMILES string of the molecule is Cc1cc2ccc(C(C)N3CCC(c4ccc(Cl)cc4)CC3)cc2[nH]c1=O. The van der Waals surface area contributed by atoms with E-state index in [2.05, 4.69) is 47.1 Å². The molecule has 1 saturated heterocycles. The minimum Gasteiger partial charge on any atom is -0.322 e. The van der Waals surface area contributed by atoms with Crippen molar-refractivity contribution < 1.29 is 0 Å². The van der Waals surface area contributed by atoms with Crippen LogP contribution in [0.4, 0.5) is 0 Å². The number of halogens is 1. The van der Waals surface area contributed by atoms with Crippen molar-refractivity contribution in [3.63, 3.8) is 0 Å². The first kappa shape index (κ1) is 18.3. The summed E-state index contributed by atoms with van der Waals surface area (Å²) in [5.74, 6) is 0.613. The van der Waals surface area contributed by atoms with Crippen LogP contribution < -0.4 is 5.56 Å². The lowest BCUT2D eigenvalue weighted by atomic mass is 9.88. The molecule has 27 heavy (non-hydrogen) atoms. The van der Waals surface area contributed by atoms with Crippen molar-refractivity contribution in [2.45, 2.75) is 38.6 Å². The molecule has 0 bridgehead atoms. The first-order valence-corrected chi connectivity index (χ1v) is 10.0. The van der Waals surface area contributed by atoms with Gasteiger partial charge in [-0.2, -0.15) is 0 Å². The second-order valence-corrected chi connectivity index (χ2v) is 8.10. The molecule has 0 radical (unpaired) electrons. The van der Waals surface area contributed by atoms with Gasteiger partial charge in [-0.3, -0.25) is 9.69 Å². The van der Waals surface area contributed by atoms with Crippen molar-refractivity contribution in [3.8, 4) is 0 Å². The highest BCUT2D eigenvalue weighted by molar-refractivity contribution is 6.30. The molecule has 1 aliphatic rings. The molecule has 0 spiro atoms. The monoisotopic (exact) mass is 380 g/mol. The second kappa shape index (κ2) is 7.49. The average Bonchev–Trinajstić information content (AvgIpc) is 2.69. The molecule has 2 aromatic carbocycles. The Morgan fingerprint density at radius 2 is 1.78 bits per heavy atom. The van der Waals surface area contributed by atoms with E-state index in [1.165, 1.54) is 11.1 Å². The topological polar surface area (TPSA) is 36.1 Å². The maximum absolute atomic E-state index is 11.9. The number of benzene rings is 2. The number of aryl methyl sites for hydroxylation is 1. The summed E-state index contributed by atoms with van der Waals surface area (Å²) in [5, 5.41) is 1.89. The van der Waals surface area contributed by atoms with E-state index in [0.29, 0.717) is 12.0 Å². The number of aromatic nitrogens is 1. The summed E-state index contributed by atoms with van der Waals surface area (Å²) < 4.78 is 0. The summed E-state index contributed by atoms with van der Waals surface area (Å²) in [5.41, 5.74) is 4.33. The van der Waals surface area contributed by atoms with Gasteiger partial charge in [0.25, 0.3) is 5.56 Å². The first-order valence-electron chi connectivity index (χ1n) is 9.64. The quantitative estimate of drug-likeness (QED) is 0.657. The van der Waals surface area contributed by atoms with Crippen LogP contribution in [0.15, 0.2) is 53.3 Å². The van der Waals surface area contributed by atoms with Crippen molar-refractivity contribution >= 4 is 22.5 Å². The molecule has 2 heterocycles. The van der Waals surface area contributed by atoms with Gasteiger partial charge in [-0.05, 0) is 86.5 Å². The fourth-order valence-corrected chi connectivity index (χ4v) is 4.28. The molecular weight excluding hydrogens is 356 g/mol. The molecule has 0 amide bonds. The predicted octanol–water partition coefficient (Wildman–Crippen LogP) is 5.43. The fourth-order valence-electron chi connectivity index (χ4n) is 4.15. The van der Waals surface area contributed by atoms with E-state index in [0.717, 1.165) is 47.4 Å². The van der Waals surface area contributed by atoms with E-state index < -0.39 is 0 Å². The Hall–Kier alpha value is -2.10. The van der Waals surface area contributed by atoms with Crippen LogP contribution in [0.5, 0.6) is 0 Å². The smallest absolute Gasteiger partial charge is 0.251 e. The Kier molecular flexibility index (Phi) is 5.07. The highest BCUT2D eigenvalue weighted by atomic mass is 35.5. The van der Waals surface area contributed by atoms with E-state index in [4.69, 9.17) is 11.6 Å². The van der Waals surface area contributed by atoms with Crippen LogP contribution in [-0.2, 0) is 0 Å². The highest BCUT2D eigenvalue weighted by Crippen LogP contribution is 2.33. The Bertz CT molecular complexity index is 1000. The van der Waals surface area contributed by atoms with E-state index in [1.54, 1.807) is 0 Å². The van der Waals surface area contributed by atoms with Crippen LogP contribution in [0.2, 0.25) is 5.02 Å². The number of rotatable bonds is 3. The molecule has 3 aromatic rings. The molecule has 1 aliphatic heterocycles. The summed E-state index contributed by atoms with van der Waals surface area (Å²) in [7, 11) is 0. The third kappa shape index (κ3) is 3.80. The number of hydrogen-bond acceptors (Lipinski definition) is 2. The van der Waals surface area contributed by atoms with Gasteiger partial charge in [-0.1, -0.05) is 35.9 Å². The van der Waals surface area contributed by atoms with Gasteiger partial charge < -0.3 is 4.98 Å². The van der Waals surface area contributed by atoms with Crippen molar-refractivity contribution in [2.24, 2.45) is 0 Å². The molecular formula is C23H25ClN2O. The number of nitrogens with zero attached hydrogens (tertiary/aromatic N) is 1. The number of pyridine rings is 1. The molecule has 4 heteroatoms. The third-order valence-electron chi connectivity index (χ3n) is 5.96. The van der Waals surface area contributed by atoms with Crippen LogP contribution in [-0.4, -0.2) is 23.0 Å². The lowest BCUT2D eigenvalue weighted by Crippen LogP contribution is -2.35. The fraction of sp³-hybridized carbons (Fsp3) is 0.348. The largest absolute Gasteiger partial charge is 0.322 e. The summed E-state index contributed by atoms with van der Waals surface area (Å²) in [6.07, 6.45) is 2.32. The average molecular weight is 381 g/mol. The zero-order valence-electron chi connectivity index (χ0n) is 15.8. The number of aromatic amines is 1. The zero-order chi connectivity index (χ0) is 19.0. The summed E-state index contributed by atoms with van der Waals surface area (Å²) in [6, 6.07) is 17.0. The molecule has 1 fully saturated rings. The van der Waals surface area contributed by atoms with E-state index >= 15 is 0 Å². The Morgan fingerprint density at radius 3 is 2.48 bits per heavy atom. The van der Waals surface area contributed by atoms with Crippen molar-refractivity contribution in [1.82, 2.24) is 9.88 Å². The van der Waals surface area contributed by atoms with Crippen molar-refractivity contribution in [2.75, 3.05) is 13.1 Å². The normalized spacial score (nSPS) is 17.3. The summed E-state index contributed by atoms with van der Waals surface area (Å²) in [6.45, 7) is 6.27. The highest BCUT2D eigenvalue weighted by Gasteiger charge is 2.24. The number of likely N-dealkylation sites (tertiary alicyclic amines) is 1. The lowest BCUT2D eigenvalue weighted by molar-refractivity contribution is 0.162. The van der Waals surface area contributed by atoms with Crippen LogP contribution in [0.3, 0.4) is 0 Å². The Labute approximate surface area is 165 Å². The standard InChI is InChI=1S/C23H25ClN2O/c1-15-13-20-4-3-19(14-22(20)25-23(15)27)16(2)26-11-9-18(10-12-26)17-5-7-21(24)8-6-17/h3-8,13-14,16,18H,9-12H2,1-2H3,(H,25,27). The number of nitrogens with one attached hydrogen (secondary N) is 1. The molecule has 1 unspecified atom stereocenters. The molecule has 1 atom stereocenters. The van der Waals surface area contributed by atoms with Crippen LogP contribution in [0.1, 0.15) is 48.4 Å². The van der Waals surface area contributed by atoms with E-state index in [-0.39, 0.29) is 5.56 Å². The molecule has 0 saturated carbocycles. The summed E-state index contributed by atoms with van der Waals surface area (Å²) in [4.78, 5) is 17.5.